The van der Waals surface area contributed by atoms with Crippen LogP contribution in [-0.4, -0.2) is 55.3 Å². The van der Waals surface area contributed by atoms with Crippen LogP contribution in [0.15, 0.2) is 18.2 Å². The molecule has 1 aromatic rings. The van der Waals surface area contributed by atoms with E-state index in [4.69, 9.17) is 0 Å². The molecule has 2 aliphatic rings. The Morgan fingerprint density at radius 3 is 2.39 bits per heavy atom. The van der Waals surface area contributed by atoms with Crippen molar-refractivity contribution in [2.75, 3.05) is 18.8 Å². The topological polar surface area (TPSA) is 83.6 Å². The van der Waals surface area contributed by atoms with Crippen LogP contribution in [0, 0.1) is 17.6 Å². The Balaban J connectivity index is 1.53. The highest BCUT2D eigenvalue weighted by Gasteiger charge is 2.34. The van der Waals surface area contributed by atoms with Crippen LogP contribution in [0.3, 0.4) is 0 Å². The monoisotopic (exact) mass is 414 g/mol. The van der Waals surface area contributed by atoms with E-state index in [0.29, 0.717) is 31.7 Å². The van der Waals surface area contributed by atoms with E-state index in [1.807, 2.05) is 0 Å². The van der Waals surface area contributed by atoms with Crippen molar-refractivity contribution in [3.05, 3.63) is 35.4 Å². The van der Waals surface area contributed by atoms with Crippen LogP contribution in [-0.2, 0) is 14.6 Å². The van der Waals surface area contributed by atoms with Gasteiger partial charge in [-0.05, 0) is 44.7 Å². The molecule has 0 radical (unpaired) electrons. The molecule has 154 valence electrons. The average Bonchev–Trinajstić information content (AvgIpc) is 2.64. The zero-order chi connectivity index (χ0) is 20.5. The highest BCUT2D eigenvalue weighted by molar-refractivity contribution is 7.92. The maximum Gasteiger partial charge on any atom is 0.256 e. The number of sulfone groups is 1. The third-order valence-electron chi connectivity index (χ3n) is 5.63. The predicted molar refractivity (Wildman–Crippen MR) is 99.4 cm³/mol. The van der Waals surface area contributed by atoms with Crippen molar-refractivity contribution in [3.63, 3.8) is 0 Å². The van der Waals surface area contributed by atoms with Crippen LogP contribution in [0.2, 0.25) is 0 Å². The fraction of sp³-hybridized carbons (Fsp3) is 0.579. The standard InChI is InChI=1S/C19H24F2N2O4S/c1-12-2-4-15(11-28(12,26)27)22-18(24)13-6-8-23(9-7-13)19(25)16-5-3-14(20)10-17(16)21/h3,5,10,12-13,15H,2,4,6-9,11H2,1H3,(H,22,24). The molecule has 28 heavy (non-hydrogen) atoms. The van der Waals surface area contributed by atoms with Crippen molar-refractivity contribution in [2.24, 2.45) is 5.92 Å². The van der Waals surface area contributed by atoms with E-state index in [1.165, 1.54) is 4.90 Å². The molecular weight excluding hydrogens is 390 g/mol. The van der Waals surface area contributed by atoms with Crippen molar-refractivity contribution in [1.82, 2.24) is 10.2 Å². The molecular formula is C19H24F2N2O4S. The van der Waals surface area contributed by atoms with E-state index in [-0.39, 0.29) is 47.5 Å². The molecule has 0 bridgehead atoms. The van der Waals surface area contributed by atoms with Crippen LogP contribution < -0.4 is 5.32 Å². The van der Waals surface area contributed by atoms with Gasteiger partial charge in [0.15, 0.2) is 9.84 Å². The number of amides is 2. The minimum Gasteiger partial charge on any atom is -0.352 e. The van der Waals surface area contributed by atoms with Gasteiger partial charge < -0.3 is 10.2 Å². The second-order valence-corrected chi connectivity index (χ2v) is 10.1. The molecule has 1 N–H and O–H groups in total. The zero-order valence-corrected chi connectivity index (χ0v) is 16.5. The van der Waals surface area contributed by atoms with Crippen LogP contribution in [0.1, 0.15) is 43.0 Å². The number of hydrogen-bond acceptors (Lipinski definition) is 4. The van der Waals surface area contributed by atoms with E-state index in [2.05, 4.69) is 5.32 Å². The number of nitrogens with one attached hydrogen (secondary N) is 1. The Morgan fingerprint density at radius 1 is 1.11 bits per heavy atom. The van der Waals surface area contributed by atoms with Gasteiger partial charge in [0.25, 0.3) is 5.91 Å². The zero-order valence-electron chi connectivity index (χ0n) is 15.7. The van der Waals surface area contributed by atoms with Gasteiger partial charge in [0.2, 0.25) is 5.91 Å². The molecule has 2 heterocycles. The summed E-state index contributed by atoms with van der Waals surface area (Å²) in [6.07, 6.45) is 1.99. The van der Waals surface area contributed by atoms with Crippen molar-refractivity contribution in [1.29, 1.82) is 0 Å². The maximum absolute atomic E-state index is 13.8. The van der Waals surface area contributed by atoms with E-state index in [1.54, 1.807) is 6.92 Å². The summed E-state index contributed by atoms with van der Waals surface area (Å²) in [5, 5.41) is 2.46. The van der Waals surface area contributed by atoms with E-state index in [9.17, 15) is 26.8 Å². The third kappa shape index (κ3) is 4.51. The van der Waals surface area contributed by atoms with Crippen LogP contribution in [0.5, 0.6) is 0 Å². The van der Waals surface area contributed by atoms with Crippen molar-refractivity contribution in [2.45, 2.75) is 43.9 Å². The van der Waals surface area contributed by atoms with Gasteiger partial charge >= 0.3 is 0 Å². The van der Waals surface area contributed by atoms with Gasteiger partial charge in [-0.25, -0.2) is 17.2 Å². The van der Waals surface area contributed by atoms with Crippen molar-refractivity contribution < 1.29 is 26.8 Å². The quantitative estimate of drug-likeness (QED) is 0.819. The number of carbonyl (C=O) groups excluding carboxylic acids is 2. The molecule has 2 aliphatic heterocycles. The summed E-state index contributed by atoms with van der Waals surface area (Å²) >= 11 is 0. The SMILES string of the molecule is CC1CCC(NC(=O)C2CCN(C(=O)c3ccc(F)cc3F)CC2)CS1(=O)=O. The molecule has 2 amide bonds. The smallest absolute Gasteiger partial charge is 0.256 e. The van der Waals surface area contributed by atoms with Gasteiger partial charge in [0.05, 0.1) is 16.6 Å². The first-order valence-electron chi connectivity index (χ1n) is 9.43. The highest BCUT2D eigenvalue weighted by atomic mass is 32.2. The van der Waals surface area contributed by atoms with Gasteiger partial charge in [0, 0.05) is 31.1 Å². The lowest BCUT2D eigenvalue weighted by Gasteiger charge is -2.33. The third-order valence-corrected chi connectivity index (χ3v) is 7.96. The first-order chi connectivity index (χ1) is 13.2. The number of halogens is 2. The summed E-state index contributed by atoms with van der Waals surface area (Å²) < 4.78 is 50.8. The number of rotatable bonds is 3. The first-order valence-corrected chi connectivity index (χ1v) is 11.1. The lowest BCUT2D eigenvalue weighted by molar-refractivity contribution is -0.126. The number of nitrogens with zero attached hydrogens (tertiary/aromatic N) is 1. The van der Waals surface area contributed by atoms with Gasteiger partial charge in [0.1, 0.15) is 11.6 Å². The Bertz CT molecular complexity index is 867. The van der Waals surface area contributed by atoms with Gasteiger partial charge in [-0.3, -0.25) is 9.59 Å². The molecule has 2 atom stereocenters. The molecule has 0 saturated carbocycles. The molecule has 0 spiro atoms. The van der Waals surface area contributed by atoms with Crippen molar-refractivity contribution >= 4 is 21.7 Å². The molecule has 3 rings (SSSR count). The molecule has 1 aromatic carbocycles. The summed E-state index contributed by atoms with van der Waals surface area (Å²) in [6.45, 7) is 2.26. The van der Waals surface area contributed by atoms with Crippen molar-refractivity contribution in [3.8, 4) is 0 Å². The Kier molecular flexibility index (Phi) is 6.02. The average molecular weight is 414 g/mol. The molecule has 2 fully saturated rings. The van der Waals surface area contributed by atoms with E-state index in [0.717, 1.165) is 12.1 Å². The molecule has 2 unspecified atom stereocenters. The fourth-order valence-electron chi connectivity index (χ4n) is 3.75. The Hall–Kier alpha value is -2.03. The van der Waals surface area contributed by atoms with E-state index >= 15 is 0 Å². The van der Waals surface area contributed by atoms with Gasteiger partial charge in [-0.1, -0.05) is 0 Å². The van der Waals surface area contributed by atoms with Crippen LogP contribution in [0.4, 0.5) is 8.78 Å². The molecule has 0 aliphatic carbocycles. The number of likely N-dealkylation sites (tertiary alicyclic amines) is 1. The summed E-state index contributed by atoms with van der Waals surface area (Å²) in [5.74, 6) is -2.73. The largest absolute Gasteiger partial charge is 0.352 e. The first kappa shape index (κ1) is 20.7. The number of piperidine rings is 1. The second kappa shape index (κ2) is 8.14. The minimum atomic E-state index is -3.17. The second-order valence-electron chi connectivity index (χ2n) is 7.61. The predicted octanol–water partition coefficient (Wildman–Crippen LogP) is 1.90. The lowest BCUT2D eigenvalue weighted by atomic mass is 9.94. The van der Waals surface area contributed by atoms with Crippen LogP contribution in [0.25, 0.3) is 0 Å². The summed E-state index contributed by atoms with van der Waals surface area (Å²) in [4.78, 5) is 26.4. The van der Waals surface area contributed by atoms with Crippen LogP contribution >= 0.6 is 0 Å². The normalized spacial score (nSPS) is 25.3. The summed E-state index contributed by atoms with van der Waals surface area (Å²) in [5.41, 5.74) is -0.189. The minimum absolute atomic E-state index is 0.0406. The Labute approximate surface area is 163 Å². The molecule has 0 aromatic heterocycles. The summed E-state index contributed by atoms with van der Waals surface area (Å²) in [6, 6.07) is 2.46. The van der Waals surface area contributed by atoms with Gasteiger partial charge in [-0.15, -0.1) is 0 Å². The highest BCUT2D eigenvalue weighted by Crippen LogP contribution is 2.23. The number of benzene rings is 1. The maximum atomic E-state index is 13.8. The fourth-order valence-corrected chi connectivity index (χ4v) is 5.39. The number of hydrogen-bond donors (Lipinski definition) is 1. The number of carbonyl (C=O) groups is 2. The Morgan fingerprint density at radius 2 is 1.79 bits per heavy atom. The summed E-state index contributed by atoms with van der Waals surface area (Å²) in [7, 11) is -3.17. The molecule has 2 saturated heterocycles. The molecule has 6 nitrogen and oxygen atoms in total. The van der Waals surface area contributed by atoms with E-state index < -0.39 is 27.4 Å². The molecule has 9 heteroatoms. The lowest BCUT2D eigenvalue weighted by Crippen LogP contribution is -2.49. The van der Waals surface area contributed by atoms with Gasteiger partial charge in [-0.2, -0.15) is 0 Å².